The number of carbonyl (C=O) groups is 1. The Morgan fingerprint density at radius 2 is 1.82 bits per heavy atom. The third-order valence-corrected chi connectivity index (χ3v) is 3.29. The molecule has 0 bridgehead atoms. The summed E-state index contributed by atoms with van der Waals surface area (Å²) in [5.74, 6) is 0.660. The van der Waals surface area contributed by atoms with Crippen molar-refractivity contribution in [3.63, 3.8) is 0 Å². The molecule has 0 radical (unpaired) electrons. The van der Waals surface area contributed by atoms with Gasteiger partial charge in [-0.25, -0.2) is 0 Å². The topological polar surface area (TPSA) is 38.3 Å². The first-order valence-corrected chi connectivity index (χ1v) is 7.46. The Kier molecular flexibility index (Phi) is 5.78. The van der Waals surface area contributed by atoms with Gasteiger partial charge in [-0.2, -0.15) is 0 Å². The van der Waals surface area contributed by atoms with Crippen molar-refractivity contribution in [2.75, 3.05) is 6.61 Å². The number of rotatable bonds is 6. The van der Waals surface area contributed by atoms with E-state index in [2.05, 4.69) is 5.32 Å². The van der Waals surface area contributed by atoms with E-state index in [0.29, 0.717) is 6.61 Å². The summed E-state index contributed by atoms with van der Waals surface area (Å²) in [6, 6.07) is 17.5. The molecule has 2 rings (SSSR count). The summed E-state index contributed by atoms with van der Waals surface area (Å²) in [7, 11) is 0. The molecule has 0 aliphatic heterocycles. The Bertz CT molecular complexity index is 635. The number of nitrogens with one attached hydrogen (secondary N) is 1. The Morgan fingerprint density at radius 1 is 1.14 bits per heavy atom. The van der Waals surface area contributed by atoms with Gasteiger partial charge in [0, 0.05) is 11.6 Å². The number of carbonyl (C=O) groups excluding carboxylic acids is 1. The molecular formula is C19H21NO2. The van der Waals surface area contributed by atoms with Gasteiger partial charge in [0.15, 0.2) is 0 Å². The molecule has 22 heavy (non-hydrogen) atoms. The van der Waals surface area contributed by atoms with E-state index in [1.54, 1.807) is 6.08 Å². The van der Waals surface area contributed by atoms with E-state index in [1.165, 1.54) is 6.08 Å². The van der Waals surface area contributed by atoms with Crippen molar-refractivity contribution in [3.8, 4) is 5.75 Å². The van der Waals surface area contributed by atoms with Crippen molar-refractivity contribution in [3.05, 3.63) is 71.8 Å². The molecule has 0 aliphatic rings. The molecule has 0 spiro atoms. The highest BCUT2D eigenvalue weighted by Gasteiger charge is 2.06. The number of hydrogen-bond acceptors (Lipinski definition) is 2. The molecule has 0 heterocycles. The molecule has 1 amide bonds. The maximum Gasteiger partial charge on any atom is 0.244 e. The predicted octanol–water partition coefficient (Wildman–Crippen LogP) is 3.98. The summed E-state index contributed by atoms with van der Waals surface area (Å²) < 4.78 is 5.54. The zero-order valence-corrected chi connectivity index (χ0v) is 13.0. The second-order valence-corrected chi connectivity index (χ2v) is 4.95. The van der Waals surface area contributed by atoms with Crippen molar-refractivity contribution in [2.24, 2.45) is 0 Å². The summed E-state index contributed by atoms with van der Waals surface area (Å²) in [5, 5.41) is 2.95. The minimum absolute atomic E-state index is 0.0273. The average Bonchev–Trinajstić information content (AvgIpc) is 2.55. The van der Waals surface area contributed by atoms with Gasteiger partial charge < -0.3 is 10.1 Å². The van der Waals surface area contributed by atoms with E-state index < -0.39 is 0 Å². The van der Waals surface area contributed by atoms with Crippen LogP contribution in [-0.2, 0) is 4.79 Å². The van der Waals surface area contributed by atoms with Crippen molar-refractivity contribution < 1.29 is 9.53 Å². The summed E-state index contributed by atoms with van der Waals surface area (Å²) in [6.45, 7) is 4.51. The van der Waals surface area contributed by atoms with Crippen LogP contribution in [0, 0.1) is 0 Å². The molecule has 0 saturated carbocycles. The molecule has 0 fully saturated rings. The van der Waals surface area contributed by atoms with Crippen LogP contribution in [0.1, 0.15) is 31.0 Å². The Balaban J connectivity index is 2.00. The molecule has 0 aromatic heterocycles. The largest absolute Gasteiger partial charge is 0.493 e. The van der Waals surface area contributed by atoms with Gasteiger partial charge in [0.05, 0.1) is 12.6 Å². The maximum absolute atomic E-state index is 12.0. The molecule has 0 saturated heterocycles. The van der Waals surface area contributed by atoms with Gasteiger partial charge in [-0.05, 0) is 31.6 Å². The van der Waals surface area contributed by atoms with Crippen LogP contribution in [0.25, 0.3) is 6.08 Å². The summed E-state index contributed by atoms with van der Waals surface area (Å²) in [4.78, 5) is 12.0. The highest BCUT2D eigenvalue weighted by Crippen LogP contribution is 2.19. The molecular weight excluding hydrogens is 274 g/mol. The summed E-state index contributed by atoms with van der Waals surface area (Å²) >= 11 is 0. The highest BCUT2D eigenvalue weighted by molar-refractivity contribution is 5.92. The number of hydrogen-bond donors (Lipinski definition) is 1. The average molecular weight is 295 g/mol. The van der Waals surface area contributed by atoms with Crippen LogP contribution in [0.15, 0.2) is 60.7 Å². The maximum atomic E-state index is 12.0. The van der Waals surface area contributed by atoms with Crippen LogP contribution in [-0.4, -0.2) is 12.5 Å². The van der Waals surface area contributed by atoms with Crippen molar-refractivity contribution in [2.45, 2.75) is 19.9 Å². The summed E-state index contributed by atoms with van der Waals surface area (Å²) in [5.41, 5.74) is 1.98. The van der Waals surface area contributed by atoms with E-state index in [4.69, 9.17) is 4.74 Å². The lowest BCUT2D eigenvalue weighted by molar-refractivity contribution is -0.117. The highest BCUT2D eigenvalue weighted by atomic mass is 16.5. The molecule has 2 aromatic rings. The van der Waals surface area contributed by atoms with Crippen LogP contribution in [0.3, 0.4) is 0 Å². The van der Waals surface area contributed by atoms with Crippen molar-refractivity contribution in [1.82, 2.24) is 5.32 Å². The van der Waals surface area contributed by atoms with E-state index in [-0.39, 0.29) is 11.9 Å². The number of benzene rings is 2. The van der Waals surface area contributed by atoms with E-state index in [9.17, 15) is 4.79 Å². The van der Waals surface area contributed by atoms with Crippen molar-refractivity contribution >= 4 is 12.0 Å². The molecule has 0 aliphatic carbocycles. The number of para-hydroxylation sites is 1. The van der Waals surface area contributed by atoms with Crippen LogP contribution in [0.4, 0.5) is 0 Å². The normalized spacial score (nSPS) is 12.1. The lowest BCUT2D eigenvalue weighted by atomic mass is 10.1. The Labute approximate surface area is 131 Å². The smallest absolute Gasteiger partial charge is 0.244 e. The van der Waals surface area contributed by atoms with E-state index >= 15 is 0 Å². The quantitative estimate of drug-likeness (QED) is 0.819. The minimum atomic E-state index is -0.123. The molecule has 2 aromatic carbocycles. The van der Waals surface area contributed by atoms with E-state index in [0.717, 1.165) is 16.9 Å². The van der Waals surface area contributed by atoms with Gasteiger partial charge in [-0.1, -0.05) is 48.5 Å². The van der Waals surface area contributed by atoms with Crippen LogP contribution in [0.2, 0.25) is 0 Å². The molecule has 114 valence electrons. The van der Waals surface area contributed by atoms with Gasteiger partial charge in [0.25, 0.3) is 0 Å². The first-order chi connectivity index (χ1) is 10.7. The van der Waals surface area contributed by atoms with Crippen LogP contribution < -0.4 is 10.1 Å². The molecule has 3 nitrogen and oxygen atoms in total. The predicted molar refractivity (Wildman–Crippen MR) is 89.6 cm³/mol. The lowest BCUT2D eigenvalue weighted by Gasteiger charge is -2.12. The van der Waals surface area contributed by atoms with Gasteiger partial charge in [0.2, 0.25) is 5.91 Å². The van der Waals surface area contributed by atoms with Gasteiger partial charge in [0.1, 0.15) is 5.75 Å². The van der Waals surface area contributed by atoms with Crippen LogP contribution in [0.5, 0.6) is 5.75 Å². The first kappa shape index (κ1) is 15.8. The molecule has 1 atom stereocenters. The fourth-order valence-electron chi connectivity index (χ4n) is 2.16. The van der Waals surface area contributed by atoms with Crippen molar-refractivity contribution in [1.29, 1.82) is 0 Å². The Morgan fingerprint density at radius 3 is 2.55 bits per heavy atom. The SMILES string of the molecule is CCOc1ccccc1/C=C/C(=O)N[C@@H](C)c1ccccc1. The Hall–Kier alpha value is -2.55. The fraction of sp³-hybridized carbons (Fsp3) is 0.211. The monoisotopic (exact) mass is 295 g/mol. The third-order valence-electron chi connectivity index (χ3n) is 3.29. The number of ether oxygens (including phenoxy) is 1. The minimum Gasteiger partial charge on any atom is -0.493 e. The zero-order chi connectivity index (χ0) is 15.8. The second kappa shape index (κ2) is 8.03. The molecule has 1 N–H and O–H groups in total. The first-order valence-electron chi connectivity index (χ1n) is 7.46. The zero-order valence-electron chi connectivity index (χ0n) is 13.0. The second-order valence-electron chi connectivity index (χ2n) is 4.95. The standard InChI is InChI=1S/C19H21NO2/c1-3-22-18-12-8-7-11-17(18)13-14-19(21)20-15(2)16-9-5-4-6-10-16/h4-15H,3H2,1-2H3,(H,20,21)/b14-13+/t15-/m0/s1. The van der Waals surface area contributed by atoms with Gasteiger partial charge >= 0.3 is 0 Å². The molecule has 3 heteroatoms. The fourth-order valence-corrected chi connectivity index (χ4v) is 2.16. The lowest BCUT2D eigenvalue weighted by Crippen LogP contribution is -2.24. The summed E-state index contributed by atoms with van der Waals surface area (Å²) in [6.07, 6.45) is 3.31. The molecule has 0 unspecified atom stereocenters. The third kappa shape index (κ3) is 4.48. The van der Waals surface area contributed by atoms with Gasteiger partial charge in [-0.15, -0.1) is 0 Å². The van der Waals surface area contributed by atoms with E-state index in [1.807, 2.05) is 68.4 Å². The van der Waals surface area contributed by atoms with Gasteiger partial charge in [-0.3, -0.25) is 4.79 Å². The number of amides is 1. The van der Waals surface area contributed by atoms with Crippen LogP contribution >= 0.6 is 0 Å².